The van der Waals surface area contributed by atoms with Crippen LogP contribution in [0.15, 0.2) is 11.3 Å². The van der Waals surface area contributed by atoms with Gasteiger partial charge in [0.25, 0.3) is 0 Å². The minimum absolute atomic E-state index is 0.199. The maximum atomic E-state index is 11.2. The van der Waals surface area contributed by atoms with Crippen molar-refractivity contribution in [1.29, 1.82) is 0 Å². The van der Waals surface area contributed by atoms with Gasteiger partial charge >= 0.3 is 0 Å². The normalized spacial score (nSPS) is 23.9. The first kappa shape index (κ1) is 7.98. The van der Waals surface area contributed by atoms with Gasteiger partial charge in [0.2, 0.25) is 11.9 Å². The van der Waals surface area contributed by atoms with Crippen LogP contribution in [0.4, 0.5) is 0 Å². The molecule has 1 aliphatic rings. The fraction of sp³-hybridized carbons (Fsp3) is 0.500. The largest absolute Gasteiger partial charge is 0.479 e. The van der Waals surface area contributed by atoms with Crippen LogP contribution in [0.5, 0.6) is 0 Å². The first-order chi connectivity index (χ1) is 5.04. The number of Topliss-reactive ketones (excluding diaryl/α,β-unsaturated/α-hetero) is 2. The highest BCUT2D eigenvalue weighted by atomic mass is 16.5. The minimum Gasteiger partial charge on any atom is -0.479 e. The number of ketones is 2. The van der Waals surface area contributed by atoms with Crippen LogP contribution in [0.2, 0.25) is 0 Å². The molecule has 1 unspecified atom stereocenters. The zero-order valence-corrected chi connectivity index (χ0v) is 6.80. The number of carbonyl (C=O) groups excluding carboxylic acids is 2. The van der Waals surface area contributed by atoms with Crippen LogP contribution in [0.25, 0.3) is 0 Å². The van der Waals surface area contributed by atoms with Crippen molar-refractivity contribution in [3.05, 3.63) is 11.3 Å². The third-order valence-corrected chi connectivity index (χ3v) is 1.80. The smallest absolute Gasteiger partial charge is 0.218 e. The summed E-state index contributed by atoms with van der Waals surface area (Å²) in [5.74, 6) is 0.136. The molecule has 11 heavy (non-hydrogen) atoms. The molecule has 1 aliphatic heterocycles. The Labute approximate surface area is 65.0 Å². The molecule has 1 heterocycles. The Morgan fingerprint density at radius 2 is 2.00 bits per heavy atom. The summed E-state index contributed by atoms with van der Waals surface area (Å²) in [6, 6.07) is 0. The fourth-order valence-electron chi connectivity index (χ4n) is 0.956. The van der Waals surface area contributed by atoms with Gasteiger partial charge in [-0.15, -0.1) is 0 Å². The van der Waals surface area contributed by atoms with Gasteiger partial charge in [-0.25, -0.2) is 0 Å². The Bertz CT molecular complexity index is 250. The van der Waals surface area contributed by atoms with E-state index >= 15 is 0 Å². The molecule has 0 aromatic carbocycles. The Hall–Kier alpha value is -1.12. The van der Waals surface area contributed by atoms with E-state index in [0.29, 0.717) is 11.3 Å². The summed E-state index contributed by atoms with van der Waals surface area (Å²) in [6.45, 7) is 4.71. The Morgan fingerprint density at radius 3 is 2.18 bits per heavy atom. The van der Waals surface area contributed by atoms with Gasteiger partial charge in [0.05, 0.1) is 0 Å². The molecule has 0 N–H and O–H groups in total. The van der Waals surface area contributed by atoms with Crippen molar-refractivity contribution in [2.75, 3.05) is 0 Å². The Morgan fingerprint density at radius 1 is 1.45 bits per heavy atom. The van der Waals surface area contributed by atoms with Gasteiger partial charge < -0.3 is 4.74 Å². The molecule has 0 radical (unpaired) electrons. The van der Waals surface area contributed by atoms with Gasteiger partial charge in [-0.1, -0.05) is 0 Å². The number of rotatable bonds is 1. The Kier molecular flexibility index (Phi) is 1.81. The van der Waals surface area contributed by atoms with E-state index in [-0.39, 0.29) is 11.6 Å². The van der Waals surface area contributed by atoms with E-state index < -0.39 is 6.10 Å². The zero-order chi connectivity index (χ0) is 8.59. The van der Waals surface area contributed by atoms with Crippen molar-refractivity contribution in [3.63, 3.8) is 0 Å². The number of allylic oxidation sites excluding steroid dienone is 1. The molecular formula is C8H10O3. The SMILES string of the molecule is CC(=O)C1OC(C)=C(C)C1=O. The fourth-order valence-corrected chi connectivity index (χ4v) is 0.956. The molecular weight excluding hydrogens is 144 g/mol. The third kappa shape index (κ3) is 1.18. The summed E-state index contributed by atoms with van der Waals surface area (Å²) >= 11 is 0. The van der Waals surface area contributed by atoms with E-state index in [4.69, 9.17) is 4.74 Å². The number of hydrogen-bond donors (Lipinski definition) is 0. The Balaban J connectivity index is 2.87. The lowest BCUT2D eigenvalue weighted by Crippen LogP contribution is -2.25. The van der Waals surface area contributed by atoms with E-state index in [1.165, 1.54) is 6.92 Å². The summed E-state index contributed by atoms with van der Waals surface area (Å²) in [5.41, 5.74) is 0.560. The highest BCUT2D eigenvalue weighted by Crippen LogP contribution is 2.20. The standard InChI is InChI=1S/C8H10O3/c1-4-6(3)11-8(5(2)9)7(4)10/h8H,1-3H3. The molecule has 0 aromatic rings. The molecule has 3 heteroatoms. The highest BCUT2D eigenvalue weighted by molar-refractivity contribution is 6.13. The van der Waals surface area contributed by atoms with Crippen LogP contribution in [0, 0.1) is 0 Å². The number of ether oxygens (including phenoxy) is 1. The molecule has 0 saturated carbocycles. The van der Waals surface area contributed by atoms with Crippen LogP contribution in [-0.4, -0.2) is 17.7 Å². The first-order valence-corrected chi connectivity index (χ1v) is 3.43. The molecule has 0 fully saturated rings. The molecule has 1 atom stereocenters. The van der Waals surface area contributed by atoms with Crippen LogP contribution in [-0.2, 0) is 14.3 Å². The lowest BCUT2D eigenvalue weighted by Gasteiger charge is -2.04. The van der Waals surface area contributed by atoms with Crippen molar-refractivity contribution >= 4 is 11.6 Å². The lowest BCUT2D eigenvalue weighted by atomic mass is 10.1. The van der Waals surface area contributed by atoms with Crippen LogP contribution in [0.3, 0.4) is 0 Å². The molecule has 0 saturated heterocycles. The molecule has 0 spiro atoms. The summed E-state index contributed by atoms with van der Waals surface area (Å²) in [7, 11) is 0. The highest BCUT2D eigenvalue weighted by Gasteiger charge is 2.33. The van der Waals surface area contributed by atoms with Crippen molar-refractivity contribution < 1.29 is 14.3 Å². The molecule has 0 aliphatic carbocycles. The van der Waals surface area contributed by atoms with Crippen LogP contribution < -0.4 is 0 Å². The van der Waals surface area contributed by atoms with E-state index in [9.17, 15) is 9.59 Å². The summed E-state index contributed by atoms with van der Waals surface area (Å²) < 4.78 is 5.03. The van der Waals surface area contributed by atoms with Gasteiger partial charge in [-0.2, -0.15) is 0 Å². The summed E-state index contributed by atoms with van der Waals surface area (Å²) in [5, 5.41) is 0. The van der Waals surface area contributed by atoms with Crippen molar-refractivity contribution in [2.24, 2.45) is 0 Å². The summed E-state index contributed by atoms with van der Waals surface area (Å²) in [4.78, 5) is 21.9. The van der Waals surface area contributed by atoms with Gasteiger partial charge in [-0.3, -0.25) is 9.59 Å². The van der Waals surface area contributed by atoms with Crippen molar-refractivity contribution in [3.8, 4) is 0 Å². The maximum absolute atomic E-state index is 11.2. The average molecular weight is 154 g/mol. The second-order valence-corrected chi connectivity index (χ2v) is 2.65. The average Bonchev–Trinajstić information content (AvgIpc) is 2.17. The maximum Gasteiger partial charge on any atom is 0.218 e. The van der Waals surface area contributed by atoms with Crippen LogP contribution in [0.1, 0.15) is 20.8 Å². The number of hydrogen-bond acceptors (Lipinski definition) is 3. The van der Waals surface area contributed by atoms with Crippen molar-refractivity contribution in [2.45, 2.75) is 26.9 Å². The van der Waals surface area contributed by atoms with Gasteiger partial charge in [0.15, 0.2) is 5.78 Å². The molecule has 0 bridgehead atoms. The minimum atomic E-state index is -0.866. The topological polar surface area (TPSA) is 43.4 Å². The second kappa shape index (κ2) is 2.49. The quantitative estimate of drug-likeness (QED) is 0.525. The van der Waals surface area contributed by atoms with Gasteiger partial charge in [0.1, 0.15) is 5.76 Å². The van der Waals surface area contributed by atoms with Crippen molar-refractivity contribution in [1.82, 2.24) is 0 Å². The molecule has 0 aromatic heterocycles. The van der Waals surface area contributed by atoms with E-state index in [1.54, 1.807) is 13.8 Å². The van der Waals surface area contributed by atoms with Gasteiger partial charge in [-0.05, 0) is 20.8 Å². The van der Waals surface area contributed by atoms with E-state index in [2.05, 4.69) is 0 Å². The molecule has 60 valence electrons. The van der Waals surface area contributed by atoms with Crippen LogP contribution >= 0.6 is 0 Å². The molecule has 3 nitrogen and oxygen atoms in total. The lowest BCUT2D eigenvalue weighted by molar-refractivity contribution is -0.133. The summed E-state index contributed by atoms with van der Waals surface area (Å²) in [6.07, 6.45) is -0.866. The first-order valence-electron chi connectivity index (χ1n) is 3.43. The van der Waals surface area contributed by atoms with E-state index in [1.807, 2.05) is 0 Å². The van der Waals surface area contributed by atoms with Gasteiger partial charge in [0, 0.05) is 5.57 Å². The third-order valence-electron chi connectivity index (χ3n) is 1.80. The van der Waals surface area contributed by atoms with E-state index in [0.717, 1.165) is 0 Å². The molecule has 0 amide bonds. The second-order valence-electron chi connectivity index (χ2n) is 2.65. The number of carbonyl (C=O) groups is 2. The predicted octanol–water partition coefficient (Wildman–Crippen LogP) is 0.837. The molecule has 1 rings (SSSR count). The predicted molar refractivity (Wildman–Crippen MR) is 38.9 cm³/mol. The zero-order valence-electron chi connectivity index (χ0n) is 6.80. The monoisotopic (exact) mass is 154 g/mol.